The topological polar surface area (TPSA) is 58.2 Å². The molecule has 0 bridgehead atoms. The summed E-state index contributed by atoms with van der Waals surface area (Å²) in [5.41, 5.74) is 0.147. The first kappa shape index (κ1) is 15.1. The van der Waals surface area contributed by atoms with Crippen LogP contribution >= 0.6 is 0 Å². The van der Waals surface area contributed by atoms with Gasteiger partial charge in [-0.25, -0.2) is 8.78 Å². The summed E-state index contributed by atoms with van der Waals surface area (Å²) in [7, 11) is 0. The van der Waals surface area contributed by atoms with E-state index in [0.717, 1.165) is 25.0 Å². The van der Waals surface area contributed by atoms with Crippen molar-refractivity contribution < 1.29 is 18.4 Å². The van der Waals surface area contributed by atoms with Gasteiger partial charge >= 0.3 is 0 Å². The summed E-state index contributed by atoms with van der Waals surface area (Å²) in [6.07, 6.45) is 1.97. The molecule has 1 aliphatic rings. The molecule has 0 heterocycles. The summed E-state index contributed by atoms with van der Waals surface area (Å²) in [5.74, 6) is -2.54. The lowest BCUT2D eigenvalue weighted by Crippen LogP contribution is -2.25. The van der Waals surface area contributed by atoms with E-state index in [4.69, 9.17) is 0 Å². The predicted molar refractivity (Wildman–Crippen MR) is 81.2 cm³/mol. The fourth-order valence-electron chi connectivity index (χ4n) is 2.07. The van der Waals surface area contributed by atoms with Crippen LogP contribution in [0.5, 0.6) is 0 Å². The SMILES string of the molecule is O=C(Nc1c(F)cccc1F)c1ccc(C(=O)NC2CC2)cc1. The van der Waals surface area contributed by atoms with Crippen molar-refractivity contribution in [2.75, 3.05) is 5.32 Å². The van der Waals surface area contributed by atoms with Gasteiger partial charge in [-0.1, -0.05) is 6.07 Å². The molecule has 1 fully saturated rings. The van der Waals surface area contributed by atoms with Crippen molar-refractivity contribution in [1.82, 2.24) is 5.32 Å². The molecule has 2 amide bonds. The largest absolute Gasteiger partial charge is 0.349 e. The van der Waals surface area contributed by atoms with Gasteiger partial charge in [0, 0.05) is 17.2 Å². The molecule has 1 aliphatic carbocycles. The van der Waals surface area contributed by atoms with Crippen LogP contribution in [0.1, 0.15) is 33.6 Å². The second-order valence-corrected chi connectivity index (χ2v) is 5.38. The number of hydrogen-bond acceptors (Lipinski definition) is 2. The number of rotatable bonds is 4. The van der Waals surface area contributed by atoms with E-state index in [1.165, 1.54) is 30.3 Å². The predicted octanol–water partition coefficient (Wildman–Crippen LogP) is 3.11. The lowest BCUT2D eigenvalue weighted by atomic mass is 10.1. The molecule has 2 aromatic carbocycles. The minimum atomic E-state index is -0.848. The molecule has 2 aromatic rings. The molecule has 0 unspecified atom stereocenters. The number of nitrogens with one attached hydrogen (secondary N) is 2. The normalized spacial score (nSPS) is 13.5. The maximum Gasteiger partial charge on any atom is 0.255 e. The third-order valence-electron chi connectivity index (χ3n) is 3.52. The van der Waals surface area contributed by atoms with E-state index in [0.29, 0.717) is 5.56 Å². The van der Waals surface area contributed by atoms with Crippen LogP contribution in [-0.2, 0) is 0 Å². The molecule has 0 aliphatic heterocycles. The van der Waals surface area contributed by atoms with Crippen LogP contribution in [0.4, 0.5) is 14.5 Å². The lowest BCUT2D eigenvalue weighted by molar-refractivity contribution is 0.0949. The highest BCUT2D eigenvalue weighted by atomic mass is 19.1. The smallest absolute Gasteiger partial charge is 0.255 e. The fraction of sp³-hybridized carbons (Fsp3) is 0.176. The standard InChI is InChI=1S/C17H14F2N2O2/c18-13-2-1-3-14(19)15(13)21-17(23)11-6-4-10(5-7-11)16(22)20-12-8-9-12/h1-7,12H,8-9H2,(H,20,22)(H,21,23). The van der Waals surface area contributed by atoms with Crippen LogP contribution in [0.15, 0.2) is 42.5 Å². The summed E-state index contributed by atoms with van der Waals surface area (Å²) in [6.45, 7) is 0. The van der Waals surface area contributed by atoms with Gasteiger partial charge in [0.05, 0.1) is 0 Å². The Labute approximate surface area is 131 Å². The lowest BCUT2D eigenvalue weighted by Gasteiger charge is -2.08. The number of carbonyl (C=O) groups excluding carboxylic acids is 2. The van der Waals surface area contributed by atoms with Crippen molar-refractivity contribution in [3.63, 3.8) is 0 Å². The van der Waals surface area contributed by atoms with Crippen LogP contribution in [0, 0.1) is 11.6 Å². The number of benzene rings is 2. The Morgan fingerprint density at radius 3 is 1.91 bits per heavy atom. The van der Waals surface area contributed by atoms with Crippen LogP contribution < -0.4 is 10.6 Å². The highest BCUT2D eigenvalue weighted by molar-refractivity contribution is 6.05. The van der Waals surface area contributed by atoms with Crippen LogP contribution in [0.2, 0.25) is 0 Å². The van der Waals surface area contributed by atoms with Crippen molar-refractivity contribution in [3.8, 4) is 0 Å². The number of amides is 2. The quantitative estimate of drug-likeness (QED) is 0.910. The first-order chi connectivity index (χ1) is 11.0. The van der Waals surface area contributed by atoms with E-state index in [1.54, 1.807) is 0 Å². The molecule has 0 spiro atoms. The molecular formula is C17H14F2N2O2. The number of halogens is 2. The maximum absolute atomic E-state index is 13.5. The Hall–Kier alpha value is -2.76. The van der Waals surface area contributed by atoms with Gasteiger partial charge in [0.2, 0.25) is 0 Å². The summed E-state index contributed by atoms with van der Waals surface area (Å²) < 4.78 is 27.0. The highest BCUT2D eigenvalue weighted by Gasteiger charge is 2.23. The third kappa shape index (κ3) is 3.53. The van der Waals surface area contributed by atoms with E-state index < -0.39 is 23.2 Å². The molecular weight excluding hydrogens is 302 g/mol. The minimum absolute atomic E-state index is 0.195. The van der Waals surface area contributed by atoms with Gasteiger partial charge in [-0.2, -0.15) is 0 Å². The van der Waals surface area contributed by atoms with Gasteiger partial charge in [-0.3, -0.25) is 9.59 Å². The molecule has 23 heavy (non-hydrogen) atoms. The van der Waals surface area contributed by atoms with Crippen molar-refractivity contribution in [2.24, 2.45) is 0 Å². The van der Waals surface area contributed by atoms with Gasteiger partial charge in [0.25, 0.3) is 11.8 Å². The fourth-order valence-corrected chi connectivity index (χ4v) is 2.07. The Bertz CT molecular complexity index is 735. The van der Waals surface area contributed by atoms with E-state index in [1.807, 2.05) is 0 Å². The first-order valence-corrected chi connectivity index (χ1v) is 7.21. The van der Waals surface area contributed by atoms with Crippen LogP contribution in [0.3, 0.4) is 0 Å². The molecule has 0 aromatic heterocycles. The van der Waals surface area contributed by atoms with Crippen molar-refractivity contribution in [3.05, 3.63) is 65.2 Å². The number of hydrogen-bond donors (Lipinski definition) is 2. The van der Waals surface area contributed by atoms with Crippen molar-refractivity contribution in [1.29, 1.82) is 0 Å². The Kier molecular flexibility index (Phi) is 4.06. The molecule has 1 saturated carbocycles. The number of para-hydroxylation sites is 1. The average Bonchev–Trinajstić information content (AvgIpc) is 3.35. The van der Waals surface area contributed by atoms with E-state index in [9.17, 15) is 18.4 Å². The van der Waals surface area contributed by atoms with E-state index in [-0.39, 0.29) is 17.5 Å². The summed E-state index contributed by atoms with van der Waals surface area (Å²) in [4.78, 5) is 23.9. The monoisotopic (exact) mass is 316 g/mol. The third-order valence-corrected chi connectivity index (χ3v) is 3.52. The van der Waals surface area contributed by atoms with Gasteiger partial charge in [0.1, 0.15) is 17.3 Å². The molecule has 118 valence electrons. The average molecular weight is 316 g/mol. The Morgan fingerprint density at radius 2 is 1.39 bits per heavy atom. The van der Waals surface area contributed by atoms with Crippen molar-refractivity contribution in [2.45, 2.75) is 18.9 Å². The molecule has 0 saturated heterocycles. The minimum Gasteiger partial charge on any atom is -0.349 e. The highest BCUT2D eigenvalue weighted by Crippen LogP contribution is 2.20. The Morgan fingerprint density at radius 1 is 0.870 bits per heavy atom. The van der Waals surface area contributed by atoms with E-state index >= 15 is 0 Å². The second-order valence-electron chi connectivity index (χ2n) is 5.38. The zero-order chi connectivity index (χ0) is 16.4. The molecule has 3 rings (SSSR count). The van der Waals surface area contributed by atoms with Gasteiger partial charge < -0.3 is 10.6 Å². The second kappa shape index (κ2) is 6.16. The summed E-state index contributed by atoms with van der Waals surface area (Å²) in [6, 6.07) is 9.47. The summed E-state index contributed by atoms with van der Waals surface area (Å²) in [5, 5.41) is 5.03. The van der Waals surface area contributed by atoms with Gasteiger partial charge in [-0.05, 0) is 49.2 Å². The van der Waals surface area contributed by atoms with Gasteiger partial charge in [-0.15, -0.1) is 0 Å². The molecule has 4 nitrogen and oxygen atoms in total. The maximum atomic E-state index is 13.5. The number of anilines is 1. The Balaban J connectivity index is 1.71. The molecule has 0 radical (unpaired) electrons. The van der Waals surface area contributed by atoms with Gasteiger partial charge in [0.15, 0.2) is 0 Å². The summed E-state index contributed by atoms with van der Waals surface area (Å²) >= 11 is 0. The zero-order valence-electron chi connectivity index (χ0n) is 12.1. The van der Waals surface area contributed by atoms with Crippen LogP contribution in [0.25, 0.3) is 0 Å². The first-order valence-electron chi connectivity index (χ1n) is 7.21. The van der Waals surface area contributed by atoms with Crippen LogP contribution in [-0.4, -0.2) is 17.9 Å². The molecule has 6 heteroatoms. The zero-order valence-corrected chi connectivity index (χ0v) is 12.1. The molecule has 0 atom stereocenters. The number of carbonyl (C=O) groups is 2. The van der Waals surface area contributed by atoms with Crippen molar-refractivity contribution >= 4 is 17.5 Å². The van der Waals surface area contributed by atoms with E-state index in [2.05, 4.69) is 10.6 Å². The molecule has 2 N–H and O–H groups in total.